The number of hydrogen-bond donors (Lipinski definition) is 1. The van der Waals surface area contributed by atoms with Crippen LogP contribution in [0, 0.1) is 0 Å². The van der Waals surface area contributed by atoms with Gasteiger partial charge in [0.15, 0.2) is 0 Å². The van der Waals surface area contributed by atoms with E-state index in [-0.39, 0.29) is 5.60 Å². The van der Waals surface area contributed by atoms with Crippen LogP contribution in [0.3, 0.4) is 0 Å². The molecule has 0 saturated carbocycles. The predicted molar refractivity (Wildman–Crippen MR) is 86.1 cm³/mol. The number of nitrogens with one attached hydrogen (secondary N) is 1. The Hall–Kier alpha value is -1.38. The Morgan fingerprint density at radius 3 is 2.50 bits per heavy atom. The lowest BCUT2D eigenvalue weighted by atomic mass is 9.92. The lowest BCUT2D eigenvalue weighted by molar-refractivity contribution is 0.0118. The van der Waals surface area contributed by atoms with Gasteiger partial charge in [0, 0.05) is 13.2 Å². The Labute approximate surface area is 122 Å². The first-order valence-electron chi connectivity index (χ1n) is 7.27. The van der Waals surface area contributed by atoms with E-state index in [1.165, 1.54) is 16.3 Å². The molecule has 1 N–H and O–H groups in total. The van der Waals surface area contributed by atoms with Gasteiger partial charge in [0.1, 0.15) is 0 Å². The predicted octanol–water partition coefficient (Wildman–Crippen LogP) is 4.31. The summed E-state index contributed by atoms with van der Waals surface area (Å²) in [5.74, 6) is 0. The third-order valence-electron chi connectivity index (χ3n) is 4.13. The van der Waals surface area contributed by atoms with Crippen LogP contribution in [-0.2, 0) is 4.74 Å². The molecule has 0 aliphatic carbocycles. The minimum atomic E-state index is -0.0698. The zero-order valence-electron chi connectivity index (χ0n) is 12.9. The molecule has 0 aromatic heterocycles. The summed E-state index contributed by atoms with van der Waals surface area (Å²) in [6.07, 6.45) is 2.09. The van der Waals surface area contributed by atoms with Crippen LogP contribution in [0.25, 0.3) is 10.8 Å². The quantitative estimate of drug-likeness (QED) is 0.845. The van der Waals surface area contributed by atoms with Crippen molar-refractivity contribution >= 4 is 10.8 Å². The maximum absolute atomic E-state index is 5.53. The molecule has 0 spiro atoms. The molecule has 0 heterocycles. The average molecular weight is 271 g/mol. The van der Waals surface area contributed by atoms with Gasteiger partial charge in [-0.05, 0) is 50.1 Å². The molecule has 108 valence electrons. The molecule has 0 amide bonds. The largest absolute Gasteiger partial charge is 0.379 e. The molecule has 0 aliphatic rings. The molecule has 0 bridgehead atoms. The van der Waals surface area contributed by atoms with Crippen molar-refractivity contribution in [1.82, 2.24) is 5.32 Å². The van der Waals surface area contributed by atoms with Gasteiger partial charge in [-0.3, -0.25) is 0 Å². The van der Waals surface area contributed by atoms with Crippen LogP contribution in [0.5, 0.6) is 0 Å². The standard InChI is InChI=1S/C18H25NO/c1-18(2,20-4)13-12-17(19-3)16-11-7-9-14-8-5-6-10-15(14)16/h5-11,17,19H,12-13H2,1-4H3. The fourth-order valence-corrected chi connectivity index (χ4v) is 2.60. The van der Waals surface area contributed by atoms with Crippen molar-refractivity contribution in [2.45, 2.75) is 38.3 Å². The van der Waals surface area contributed by atoms with E-state index < -0.39 is 0 Å². The van der Waals surface area contributed by atoms with Crippen molar-refractivity contribution in [1.29, 1.82) is 0 Å². The van der Waals surface area contributed by atoms with Crippen LogP contribution in [0.1, 0.15) is 38.3 Å². The summed E-state index contributed by atoms with van der Waals surface area (Å²) in [6.45, 7) is 4.28. The molecule has 0 fully saturated rings. The van der Waals surface area contributed by atoms with Gasteiger partial charge in [-0.1, -0.05) is 42.5 Å². The van der Waals surface area contributed by atoms with E-state index in [1.54, 1.807) is 7.11 Å². The Balaban J connectivity index is 2.26. The van der Waals surface area contributed by atoms with Gasteiger partial charge in [-0.15, -0.1) is 0 Å². The minimum Gasteiger partial charge on any atom is -0.379 e. The van der Waals surface area contributed by atoms with Gasteiger partial charge in [-0.25, -0.2) is 0 Å². The van der Waals surface area contributed by atoms with E-state index in [4.69, 9.17) is 4.74 Å². The Bertz CT molecular complexity index is 557. The maximum atomic E-state index is 5.53. The second-order valence-electron chi connectivity index (χ2n) is 5.91. The van der Waals surface area contributed by atoms with E-state index in [0.717, 1.165) is 12.8 Å². The molecule has 2 aromatic carbocycles. The Kier molecular flexibility index (Phi) is 4.79. The smallest absolute Gasteiger partial charge is 0.0623 e. The minimum absolute atomic E-state index is 0.0698. The van der Waals surface area contributed by atoms with Crippen LogP contribution >= 0.6 is 0 Å². The molecule has 2 heteroatoms. The van der Waals surface area contributed by atoms with Crippen LogP contribution in [0.15, 0.2) is 42.5 Å². The van der Waals surface area contributed by atoms with Gasteiger partial charge >= 0.3 is 0 Å². The third-order valence-corrected chi connectivity index (χ3v) is 4.13. The topological polar surface area (TPSA) is 21.3 Å². The van der Waals surface area contributed by atoms with E-state index in [9.17, 15) is 0 Å². The SMILES string of the molecule is CNC(CCC(C)(C)OC)c1cccc2ccccc12. The van der Waals surface area contributed by atoms with E-state index in [0.29, 0.717) is 6.04 Å². The lowest BCUT2D eigenvalue weighted by Crippen LogP contribution is -2.26. The summed E-state index contributed by atoms with van der Waals surface area (Å²) in [6, 6.07) is 15.5. The molecular weight excluding hydrogens is 246 g/mol. The van der Waals surface area contributed by atoms with E-state index >= 15 is 0 Å². The summed E-state index contributed by atoms with van der Waals surface area (Å²) in [5.41, 5.74) is 1.30. The fraction of sp³-hybridized carbons (Fsp3) is 0.444. The third kappa shape index (κ3) is 3.38. The van der Waals surface area contributed by atoms with Crippen molar-refractivity contribution in [2.75, 3.05) is 14.2 Å². The van der Waals surface area contributed by atoms with Crippen molar-refractivity contribution in [2.24, 2.45) is 0 Å². The van der Waals surface area contributed by atoms with Gasteiger partial charge in [0.05, 0.1) is 5.60 Å². The molecule has 1 unspecified atom stereocenters. The van der Waals surface area contributed by atoms with Crippen LogP contribution in [0.4, 0.5) is 0 Å². The zero-order chi connectivity index (χ0) is 14.6. The number of methoxy groups -OCH3 is 1. The van der Waals surface area contributed by atoms with Crippen LogP contribution < -0.4 is 5.32 Å². The average Bonchev–Trinajstić information content (AvgIpc) is 2.48. The van der Waals surface area contributed by atoms with Crippen LogP contribution in [0.2, 0.25) is 0 Å². The molecule has 20 heavy (non-hydrogen) atoms. The van der Waals surface area contributed by atoms with Gasteiger partial charge in [0.2, 0.25) is 0 Å². The molecule has 2 rings (SSSR count). The highest BCUT2D eigenvalue weighted by Crippen LogP contribution is 2.29. The molecule has 0 radical (unpaired) electrons. The first-order valence-corrected chi connectivity index (χ1v) is 7.27. The lowest BCUT2D eigenvalue weighted by Gasteiger charge is -2.26. The zero-order valence-corrected chi connectivity index (χ0v) is 12.9. The maximum Gasteiger partial charge on any atom is 0.0623 e. The summed E-state index contributed by atoms with van der Waals surface area (Å²) < 4.78 is 5.53. The van der Waals surface area contributed by atoms with Crippen molar-refractivity contribution in [3.8, 4) is 0 Å². The van der Waals surface area contributed by atoms with E-state index in [1.807, 2.05) is 7.05 Å². The number of hydrogen-bond acceptors (Lipinski definition) is 2. The number of rotatable bonds is 6. The molecular formula is C18H25NO. The summed E-state index contributed by atoms with van der Waals surface area (Å²) >= 11 is 0. The normalized spacial score (nSPS) is 13.6. The molecule has 0 saturated heterocycles. The second-order valence-corrected chi connectivity index (χ2v) is 5.91. The highest BCUT2D eigenvalue weighted by atomic mass is 16.5. The van der Waals surface area contributed by atoms with Crippen molar-refractivity contribution < 1.29 is 4.74 Å². The second kappa shape index (κ2) is 6.38. The first-order chi connectivity index (χ1) is 9.57. The Morgan fingerprint density at radius 1 is 1.10 bits per heavy atom. The monoisotopic (exact) mass is 271 g/mol. The van der Waals surface area contributed by atoms with Crippen molar-refractivity contribution in [3.05, 3.63) is 48.0 Å². The fourth-order valence-electron chi connectivity index (χ4n) is 2.60. The molecule has 2 nitrogen and oxygen atoms in total. The highest BCUT2D eigenvalue weighted by Gasteiger charge is 2.20. The van der Waals surface area contributed by atoms with E-state index in [2.05, 4.69) is 61.6 Å². The highest BCUT2D eigenvalue weighted by molar-refractivity contribution is 5.86. The number of benzene rings is 2. The van der Waals surface area contributed by atoms with Gasteiger partial charge in [0.25, 0.3) is 0 Å². The number of ether oxygens (including phenoxy) is 1. The molecule has 1 atom stereocenters. The number of fused-ring (bicyclic) bond motifs is 1. The van der Waals surface area contributed by atoms with Crippen LogP contribution in [-0.4, -0.2) is 19.8 Å². The molecule has 2 aromatic rings. The van der Waals surface area contributed by atoms with Gasteiger partial charge in [-0.2, -0.15) is 0 Å². The summed E-state index contributed by atoms with van der Waals surface area (Å²) in [7, 11) is 3.82. The molecule has 0 aliphatic heterocycles. The summed E-state index contributed by atoms with van der Waals surface area (Å²) in [5, 5.41) is 6.09. The van der Waals surface area contributed by atoms with Gasteiger partial charge < -0.3 is 10.1 Å². The van der Waals surface area contributed by atoms with Crippen molar-refractivity contribution in [3.63, 3.8) is 0 Å². The first kappa shape index (κ1) is 15.0. The summed E-state index contributed by atoms with van der Waals surface area (Å²) in [4.78, 5) is 0. The Morgan fingerprint density at radius 2 is 1.80 bits per heavy atom.